The van der Waals surface area contributed by atoms with Crippen molar-refractivity contribution >= 4 is 17.7 Å². The Morgan fingerprint density at radius 1 is 0.609 bits per heavy atom. The molecule has 15 aliphatic carbocycles. The van der Waals surface area contributed by atoms with Crippen molar-refractivity contribution in [2.75, 3.05) is 7.11 Å². The van der Waals surface area contributed by atoms with Gasteiger partial charge in [0.15, 0.2) is 17.1 Å². The number of ether oxygens (including phenoxy) is 1. The van der Waals surface area contributed by atoms with E-state index in [9.17, 15) is 23.9 Å². The zero-order valence-corrected chi connectivity index (χ0v) is 56.7. The summed E-state index contributed by atoms with van der Waals surface area (Å²) in [5, 5.41) is 36.0. The standard InChI is InChI=1S/C26H34FN3O.C26H39N3O2.C25H37N3O2/c1-5-16-7-6-8-20-21(29-30(22(16)20)19-11-9-18(27)10-12-19)23(31)28-24-25(2,3)17-13-14-26(24,4)15-17;1-16(26-13-17-10-18(14-26)12-19(11-17)15-26)27-25(31)23-21-8-5-9-22(30)24(21)29(28-23)20-6-3-2-4-7-20;1-30-21-9-5-8-20-23(27-28(24(20)21)19-6-3-2-4-7-19)25(29)26-22-17-11-15-10-16(13-17)14-18(22)12-15/h9-12,16-17,24H,5-8,13-15H2,1-4H3,(H,28,31);16-20,22,30H,2-15H2,1H3,(H,27,31);15-19,21-22H,2-14H2,1H3,(H,26,29). The second-order valence-electron chi connectivity index (χ2n) is 33.7. The summed E-state index contributed by atoms with van der Waals surface area (Å²) in [6, 6.07) is 7.97. The number of halogens is 1. The molecule has 4 N–H and O–H groups in total. The molecular formula is C77H110FN9O5. The zero-order chi connectivity index (χ0) is 63.4. The van der Waals surface area contributed by atoms with Gasteiger partial charge in [-0.1, -0.05) is 66.2 Å². The zero-order valence-electron chi connectivity index (χ0n) is 56.7. The van der Waals surface area contributed by atoms with Gasteiger partial charge in [0.05, 0.1) is 47.1 Å². The molecule has 7 unspecified atom stereocenters. The molecule has 0 radical (unpaired) electrons. The fourth-order valence-corrected chi connectivity index (χ4v) is 23.7. The largest absolute Gasteiger partial charge is 0.387 e. The number of methoxy groups -OCH3 is 1. The van der Waals surface area contributed by atoms with Crippen molar-refractivity contribution in [2.24, 2.45) is 63.6 Å². The van der Waals surface area contributed by atoms with E-state index in [2.05, 4.69) is 59.9 Å². The first-order valence-corrected chi connectivity index (χ1v) is 37.7. The number of aliphatic hydroxyl groups excluding tert-OH is 1. The minimum absolute atomic E-state index is 0.00292. The van der Waals surface area contributed by atoms with Crippen molar-refractivity contribution < 1.29 is 28.6 Å². The van der Waals surface area contributed by atoms with E-state index in [-0.39, 0.29) is 52.6 Å². The summed E-state index contributed by atoms with van der Waals surface area (Å²) in [5.74, 6) is 6.78. The topological polar surface area (TPSA) is 170 Å². The van der Waals surface area contributed by atoms with E-state index in [4.69, 9.17) is 20.0 Å². The third kappa shape index (κ3) is 11.5. The molecule has 10 bridgehead atoms. The van der Waals surface area contributed by atoms with Gasteiger partial charge in [0.1, 0.15) is 5.82 Å². The molecule has 0 spiro atoms. The first kappa shape index (κ1) is 63.2. The number of aromatic nitrogens is 6. The van der Waals surface area contributed by atoms with E-state index < -0.39 is 6.10 Å². The van der Waals surface area contributed by atoms with Gasteiger partial charge in [0.2, 0.25) is 0 Å². The Morgan fingerprint density at radius 2 is 1.13 bits per heavy atom. The summed E-state index contributed by atoms with van der Waals surface area (Å²) in [6.07, 6.45) is 40.2. The highest BCUT2D eigenvalue weighted by atomic mass is 19.1. The minimum atomic E-state index is -0.472. The molecule has 19 rings (SSSR count). The molecule has 0 saturated heterocycles. The molecule has 7 atom stereocenters. The summed E-state index contributed by atoms with van der Waals surface area (Å²) in [5.41, 5.74) is 9.90. The van der Waals surface area contributed by atoms with E-state index >= 15 is 0 Å². The number of hydrogen-bond acceptors (Lipinski definition) is 8. The maximum absolute atomic E-state index is 13.6. The lowest BCUT2D eigenvalue weighted by atomic mass is 9.48. The Morgan fingerprint density at radius 3 is 1.71 bits per heavy atom. The number of rotatable bonds is 12. The first-order chi connectivity index (χ1) is 44.5. The Hall–Kier alpha value is -4.89. The number of amides is 3. The lowest BCUT2D eigenvalue weighted by Gasteiger charge is -2.59. The number of benzene rings is 1. The molecular weight excluding hydrogens is 1150 g/mol. The van der Waals surface area contributed by atoms with Crippen LogP contribution in [0.1, 0.15) is 329 Å². The van der Waals surface area contributed by atoms with Crippen molar-refractivity contribution in [1.82, 2.24) is 45.3 Å². The molecule has 0 aliphatic heterocycles. The van der Waals surface area contributed by atoms with Crippen LogP contribution in [-0.4, -0.2) is 77.4 Å². The normalized spacial score (nSPS) is 35.6. The molecule has 500 valence electrons. The second-order valence-corrected chi connectivity index (χ2v) is 33.7. The molecule has 15 heteroatoms. The van der Waals surface area contributed by atoms with Crippen LogP contribution in [0.3, 0.4) is 0 Å². The molecule has 15 aliphatic rings. The number of carbonyl (C=O) groups excluding carboxylic acids is 3. The van der Waals surface area contributed by atoms with Gasteiger partial charge in [-0.05, 0) is 275 Å². The van der Waals surface area contributed by atoms with Crippen LogP contribution in [0.5, 0.6) is 0 Å². The van der Waals surface area contributed by atoms with E-state index in [0.29, 0.717) is 64.3 Å². The highest BCUT2D eigenvalue weighted by Crippen LogP contribution is 2.63. The maximum Gasteiger partial charge on any atom is 0.272 e. The average molecular weight is 1260 g/mol. The van der Waals surface area contributed by atoms with E-state index in [1.807, 2.05) is 11.8 Å². The molecule has 14 nitrogen and oxygen atoms in total. The smallest absolute Gasteiger partial charge is 0.272 e. The van der Waals surface area contributed by atoms with Gasteiger partial charge in [0, 0.05) is 47.8 Å². The van der Waals surface area contributed by atoms with Crippen LogP contribution in [0.2, 0.25) is 0 Å². The summed E-state index contributed by atoms with van der Waals surface area (Å²) >= 11 is 0. The maximum atomic E-state index is 13.6. The second kappa shape index (κ2) is 25.3. The molecule has 3 aromatic heterocycles. The number of fused-ring (bicyclic) bond motifs is 5. The van der Waals surface area contributed by atoms with Gasteiger partial charge >= 0.3 is 0 Å². The quantitative estimate of drug-likeness (QED) is 0.109. The number of hydrogen-bond donors (Lipinski definition) is 4. The monoisotopic (exact) mass is 1260 g/mol. The van der Waals surface area contributed by atoms with Crippen LogP contribution in [0, 0.1) is 69.4 Å². The molecule has 12 saturated carbocycles. The van der Waals surface area contributed by atoms with Crippen LogP contribution in [0.15, 0.2) is 24.3 Å². The van der Waals surface area contributed by atoms with Crippen molar-refractivity contribution in [3.63, 3.8) is 0 Å². The van der Waals surface area contributed by atoms with Crippen LogP contribution in [0.4, 0.5) is 4.39 Å². The molecule has 12 fully saturated rings. The fraction of sp³-hybridized carbons (Fsp3) is 0.766. The number of aliphatic hydroxyl groups is 1. The number of nitrogens with zero attached hydrogens (tertiary/aromatic N) is 6. The van der Waals surface area contributed by atoms with Gasteiger partial charge in [-0.2, -0.15) is 15.3 Å². The third-order valence-corrected chi connectivity index (χ3v) is 27.7. The molecule has 4 aromatic rings. The van der Waals surface area contributed by atoms with E-state index in [0.717, 1.165) is 135 Å². The molecule has 3 heterocycles. The lowest BCUT2D eigenvalue weighted by Crippen LogP contribution is -2.56. The van der Waals surface area contributed by atoms with Gasteiger partial charge in [0.25, 0.3) is 17.7 Å². The predicted octanol–water partition coefficient (Wildman–Crippen LogP) is 15.8. The van der Waals surface area contributed by atoms with E-state index in [1.165, 1.54) is 165 Å². The van der Waals surface area contributed by atoms with Crippen molar-refractivity contribution in [3.05, 3.63) is 80.9 Å². The van der Waals surface area contributed by atoms with Crippen LogP contribution in [-0.2, 0) is 24.0 Å². The van der Waals surface area contributed by atoms with Gasteiger partial charge in [-0.3, -0.25) is 23.7 Å². The highest BCUT2D eigenvalue weighted by molar-refractivity contribution is 5.96. The minimum Gasteiger partial charge on any atom is -0.387 e. The fourth-order valence-electron chi connectivity index (χ4n) is 23.7. The lowest BCUT2D eigenvalue weighted by molar-refractivity contribution is -0.0688. The van der Waals surface area contributed by atoms with E-state index in [1.54, 1.807) is 12.1 Å². The highest BCUT2D eigenvalue weighted by Gasteiger charge is 2.60. The third-order valence-electron chi connectivity index (χ3n) is 27.7. The molecule has 1 aromatic carbocycles. The SMILES string of the molecule is CC(NC(=O)c1nn(C2CCCCC2)c2c1CCCC2O)C12CC3CC(CC(C3)C1)C2.CCC1CCCc2c(C(=O)NC3C4(C)CCC(C4)C3(C)C)nn(-c3ccc(F)cc3)c21.COC1CCCc2c(C(=O)NC3C4CC5CC(C4)CC3C5)nn(C3CCCCC3)c21. The van der Waals surface area contributed by atoms with Gasteiger partial charge in [-0.15, -0.1) is 0 Å². The van der Waals surface area contributed by atoms with Gasteiger partial charge in [-0.25, -0.2) is 9.07 Å². The summed E-state index contributed by atoms with van der Waals surface area (Å²) in [6.45, 7) is 11.4. The van der Waals surface area contributed by atoms with Crippen molar-refractivity contribution in [1.29, 1.82) is 0 Å². The predicted molar refractivity (Wildman–Crippen MR) is 355 cm³/mol. The van der Waals surface area contributed by atoms with Gasteiger partial charge < -0.3 is 25.8 Å². The Labute approximate surface area is 547 Å². The molecule has 92 heavy (non-hydrogen) atoms. The Kier molecular flexibility index (Phi) is 17.4. The summed E-state index contributed by atoms with van der Waals surface area (Å²) in [7, 11) is 1.81. The number of nitrogens with one attached hydrogen (secondary N) is 3. The van der Waals surface area contributed by atoms with Crippen LogP contribution >= 0.6 is 0 Å². The summed E-state index contributed by atoms with van der Waals surface area (Å²) in [4.78, 5) is 40.8. The van der Waals surface area contributed by atoms with Crippen molar-refractivity contribution in [2.45, 2.75) is 301 Å². The van der Waals surface area contributed by atoms with Crippen LogP contribution in [0.25, 0.3) is 5.69 Å². The Bertz CT molecular complexity index is 3300. The molecule has 3 amide bonds. The van der Waals surface area contributed by atoms with Crippen LogP contribution < -0.4 is 16.0 Å². The van der Waals surface area contributed by atoms with Crippen molar-refractivity contribution in [3.8, 4) is 5.69 Å². The Balaban J connectivity index is 0.000000115. The number of carbonyl (C=O) groups is 3. The first-order valence-electron chi connectivity index (χ1n) is 37.7. The average Bonchev–Trinajstić information content (AvgIpc) is 1.26. The summed E-state index contributed by atoms with van der Waals surface area (Å²) < 4.78 is 25.6.